The number of pyridine rings is 1. The summed E-state index contributed by atoms with van der Waals surface area (Å²) in [5, 5.41) is 2.60. The Kier molecular flexibility index (Phi) is 4.46. The topological polar surface area (TPSA) is 62.3 Å². The molecule has 2 amide bonds. The monoisotopic (exact) mass is 313 g/mol. The number of amides is 2. The number of piperidine rings is 1. The van der Waals surface area contributed by atoms with Gasteiger partial charge in [-0.2, -0.15) is 0 Å². The quantitative estimate of drug-likeness (QED) is 0.640. The molecule has 3 rings (SSSR count). The maximum atomic E-state index is 12.5. The van der Waals surface area contributed by atoms with Gasteiger partial charge in [-0.1, -0.05) is 18.2 Å². The number of carbonyl (C=O) groups is 2. The van der Waals surface area contributed by atoms with Crippen molar-refractivity contribution in [2.24, 2.45) is 5.41 Å². The van der Waals surface area contributed by atoms with E-state index >= 15 is 0 Å². The lowest BCUT2D eigenvalue weighted by Crippen LogP contribution is -2.49. The predicted octanol–water partition coefficient (Wildman–Crippen LogP) is 2.68. The fourth-order valence-electron chi connectivity index (χ4n) is 3.55. The molecule has 1 atom stereocenters. The molecule has 0 radical (unpaired) electrons. The second-order valence-electron chi connectivity index (χ2n) is 6.72. The highest BCUT2D eigenvalue weighted by molar-refractivity contribution is 6.39. The Morgan fingerprint density at radius 1 is 1.26 bits per heavy atom. The van der Waals surface area contributed by atoms with E-state index in [1.54, 1.807) is 17.2 Å². The summed E-state index contributed by atoms with van der Waals surface area (Å²) in [5.74, 6) is -0.618. The van der Waals surface area contributed by atoms with Crippen LogP contribution in [-0.2, 0) is 9.59 Å². The van der Waals surface area contributed by atoms with Crippen molar-refractivity contribution in [2.45, 2.75) is 39.0 Å². The first-order valence-corrected chi connectivity index (χ1v) is 8.26. The lowest BCUT2D eigenvalue weighted by Gasteiger charge is -2.43. The summed E-state index contributed by atoms with van der Waals surface area (Å²) in [6.07, 6.45) is 11.4. The molecule has 0 bridgehead atoms. The van der Waals surface area contributed by atoms with Crippen molar-refractivity contribution in [3.8, 4) is 0 Å². The van der Waals surface area contributed by atoms with Gasteiger partial charge in [0.2, 0.25) is 0 Å². The summed E-state index contributed by atoms with van der Waals surface area (Å²) in [7, 11) is 0. The number of anilines is 1. The zero-order chi connectivity index (χ0) is 16.3. The number of carbonyl (C=O) groups excluding carboxylic acids is 2. The summed E-state index contributed by atoms with van der Waals surface area (Å²) >= 11 is 0. The third-order valence-corrected chi connectivity index (χ3v) is 4.85. The first-order chi connectivity index (χ1) is 11.1. The standard InChI is InChI=1S/C18H23N3O2/c1-14-6-7-15(19-12-14)20-16(22)17(23)21-11-5-10-18(13-21)8-3-2-4-9-18/h2-3,6-7,12H,4-5,8-11,13H2,1H3,(H,19,20,22). The smallest absolute Gasteiger partial charge is 0.315 e. The lowest BCUT2D eigenvalue weighted by molar-refractivity contribution is -0.145. The molecule has 23 heavy (non-hydrogen) atoms. The number of allylic oxidation sites excluding steroid dienone is 2. The molecule has 2 heterocycles. The summed E-state index contributed by atoms with van der Waals surface area (Å²) < 4.78 is 0. The molecule has 1 unspecified atom stereocenters. The first kappa shape index (κ1) is 15.7. The summed E-state index contributed by atoms with van der Waals surface area (Å²) in [5.41, 5.74) is 1.18. The van der Waals surface area contributed by atoms with Gasteiger partial charge in [-0.25, -0.2) is 4.98 Å². The number of likely N-dealkylation sites (tertiary alicyclic amines) is 1. The Morgan fingerprint density at radius 2 is 2.13 bits per heavy atom. The van der Waals surface area contributed by atoms with E-state index in [9.17, 15) is 9.59 Å². The van der Waals surface area contributed by atoms with Gasteiger partial charge in [0.15, 0.2) is 0 Å². The van der Waals surface area contributed by atoms with E-state index in [0.29, 0.717) is 18.9 Å². The van der Waals surface area contributed by atoms with E-state index in [-0.39, 0.29) is 5.41 Å². The van der Waals surface area contributed by atoms with Gasteiger partial charge in [0.05, 0.1) is 0 Å². The molecule has 1 aliphatic carbocycles. The van der Waals surface area contributed by atoms with Gasteiger partial charge in [-0.05, 0) is 56.1 Å². The van der Waals surface area contributed by atoms with Gasteiger partial charge >= 0.3 is 11.8 Å². The minimum absolute atomic E-state index is 0.172. The van der Waals surface area contributed by atoms with Crippen molar-refractivity contribution in [1.29, 1.82) is 0 Å². The highest BCUT2D eigenvalue weighted by Crippen LogP contribution is 2.40. The summed E-state index contributed by atoms with van der Waals surface area (Å²) in [6, 6.07) is 3.57. The number of hydrogen-bond acceptors (Lipinski definition) is 3. The van der Waals surface area contributed by atoms with Crippen LogP contribution in [0.2, 0.25) is 0 Å². The molecule has 0 saturated carbocycles. The molecule has 1 aliphatic heterocycles. The molecule has 2 aliphatic rings. The summed E-state index contributed by atoms with van der Waals surface area (Å²) in [6.45, 7) is 3.28. The van der Waals surface area contributed by atoms with Crippen molar-refractivity contribution in [1.82, 2.24) is 9.88 Å². The normalized spacial score (nSPS) is 23.8. The fourth-order valence-corrected chi connectivity index (χ4v) is 3.55. The molecule has 1 N–H and O–H groups in total. The molecular formula is C18H23N3O2. The van der Waals surface area contributed by atoms with Gasteiger partial charge in [0, 0.05) is 19.3 Å². The van der Waals surface area contributed by atoms with Gasteiger partial charge in [0.1, 0.15) is 5.82 Å². The van der Waals surface area contributed by atoms with E-state index in [1.807, 2.05) is 13.0 Å². The molecule has 122 valence electrons. The molecule has 5 heteroatoms. The third-order valence-electron chi connectivity index (χ3n) is 4.85. The van der Waals surface area contributed by atoms with Crippen LogP contribution in [0.15, 0.2) is 30.5 Å². The second kappa shape index (κ2) is 6.52. The zero-order valence-corrected chi connectivity index (χ0v) is 13.5. The highest BCUT2D eigenvalue weighted by atomic mass is 16.2. The average Bonchev–Trinajstić information content (AvgIpc) is 2.57. The Hall–Kier alpha value is -2.17. The highest BCUT2D eigenvalue weighted by Gasteiger charge is 2.38. The Bertz CT molecular complexity index is 624. The average molecular weight is 313 g/mol. The van der Waals surface area contributed by atoms with Crippen LogP contribution in [0.4, 0.5) is 5.82 Å². The van der Waals surface area contributed by atoms with Gasteiger partial charge in [-0.3, -0.25) is 9.59 Å². The lowest BCUT2D eigenvalue weighted by atomic mass is 9.71. The number of aromatic nitrogens is 1. The SMILES string of the molecule is Cc1ccc(NC(=O)C(=O)N2CCCC3(CC=CCC3)C2)nc1. The van der Waals surface area contributed by atoms with E-state index < -0.39 is 11.8 Å². The number of hydrogen-bond donors (Lipinski definition) is 1. The van der Waals surface area contributed by atoms with Crippen molar-refractivity contribution < 1.29 is 9.59 Å². The van der Waals surface area contributed by atoms with Crippen LogP contribution in [0.5, 0.6) is 0 Å². The van der Waals surface area contributed by atoms with Crippen molar-refractivity contribution in [2.75, 3.05) is 18.4 Å². The molecule has 0 aromatic carbocycles. The van der Waals surface area contributed by atoms with Crippen LogP contribution >= 0.6 is 0 Å². The van der Waals surface area contributed by atoms with Crippen LogP contribution in [0.25, 0.3) is 0 Å². The van der Waals surface area contributed by atoms with Crippen LogP contribution in [0.3, 0.4) is 0 Å². The molecule has 1 aromatic rings. The maximum absolute atomic E-state index is 12.5. The van der Waals surface area contributed by atoms with Gasteiger partial charge in [-0.15, -0.1) is 0 Å². The molecule has 1 saturated heterocycles. The van der Waals surface area contributed by atoms with Crippen molar-refractivity contribution in [3.05, 3.63) is 36.0 Å². The van der Waals surface area contributed by atoms with E-state index in [1.165, 1.54) is 0 Å². The van der Waals surface area contributed by atoms with Crippen LogP contribution in [0, 0.1) is 12.3 Å². The first-order valence-electron chi connectivity index (χ1n) is 8.26. The van der Waals surface area contributed by atoms with Crippen LogP contribution in [0.1, 0.15) is 37.7 Å². The molecule has 1 fully saturated rings. The van der Waals surface area contributed by atoms with Gasteiger partial charge in [0.25, 0.3) is 0 Å². The van der Waals surface area contributed by atoms with E-state index in [4.69, 9.17) is 0 Å². The minimum atomic E-state index is -0.593. The second-order valence-corrected chi connectivity index (χ2v) is 6.72. The van der Waals surface area contributed by atoms with Crippen LogP contribution in [-0.4, -0.2) is 34.8 Å². The number of aryl methyl sites for hydroxylation is 1. The number of rotatable bonds is 1. The van der Waals surface area contributed by atoms with Crippen molar-refractivity contribution in [3.63, 3.8) is 0 Å². The number of nitrogens with one attached hydrogen (secondary N) is 1. The molecule has 1 aromatic heterocycles. The van der Waals surface area contributed by atoms with Crippen LogP contribution < -0.4 is 5.32 Å². The minimum Gasteiger partial charge on any atom is -0.334 e. The van der Waals surface area contributed by atoms with Crippen molar-refractivity contribution >= 4 is 17.6 Å². The molecular weight excluding hydrogens is 290 g/mol. The fraction of sp³-hybridized carbons (Fsp3) is 0.500. The number of nitrogens with zero attached hydrogens (tertiary/aromatic N) is 2. The summed E-state index contributed by atoms with van der Waals surface area (Å²) in [4.78, 5) is 30.5. The largest absolute Gasteiger partial charge is 0.334 e. The third kappa shape index (κ3) is 3.60. The van der Waals surface area contributed by atoms with E-state index in [2.05, 4.69) is 22.5 Å². The Morgan fingerprint density at radius 3 is 2.83 bits per heavy atom. The Labute approximate surface area is 136 Å². The van der Waals surface area contributed by atoms with Gasteiger partial charge < -0.3 is 10.2 Å². The molecule has 1 spiro atoms. The van der Waals surface area contributed by atoms with E-state index in [0.717, 1.165) is 37.7 Å². The zero-order valence-electron chi connectivity index (χ0n) is 13.5. The maximum Gasteiger partial charge on any atom is 0.315 e. The Balaban J connectivity index is 1.63. The predicted molar refractivity (Wildman–Crippen MR) is 88.8 cm³/mol. The molecule has 5 nitrogen and oxygen atoms in total.